The van der Waals surface area contributed by atoms with Crippen molar-refractivity contribution in [3.8, 4) is 5.75 Å². The molecule has 0 saturated heterocycles. The van der Waals surface area contributed by atoms with Gasteiger partial charge in [-0.15, -0.1) is 12.4 Å². The molecule has 0 aliphatic rings. The number of rotatable bonds is 3. The van der Waals surface area contributed by atoms with E-state index in [0.717, 1.165) is 6.07 Å². The van der Waals surface area contributed by atoms with E-state index in [9.17, 15) is 14.3 Å². The van der Waals surface area contributed by atoms with E-state index >= 15 is 0 Å². The van der Waals surface area contributed by atoms with Crippen molar-refractivity contribution < 1.29 is 19.4 Å². The normalized spacial score (nSPS) is 11.6. The van der Waals surface area contributed by atoms with Crippen molar-refractivity contribution in [3.63, 3.8) is 0 Å². The predicted octanol–water partition coefficient (Wildman–Crippen LogP) is 0.907. The number of benzene rings is 1. The molecule has 0 aliphatic heterocycles. The zero-order chi connectivity index (χ0) is 10.7. The number of hydrogen-bond donors (Lipinski definition) is 3. The first kappa shape index (κ1) is 13.7. The number of carboxylic acid groups (broad SMARTS) is 1. The molecule has 0 amide bonds. The lowest BCUT2D eigenvalue weighted by molar-refractivity contribution is -0.138. The van der Waals surface area contributed by atoms with Crippen molar-refractivity contribution in [1.82, 2.24) is 0 Å². The van der Waals surface area contributed by atoms with Gasteiger partial charge in [-0.3, -0.25) is 4.79 Å². The predicted molar refractivity (Wildman–Crippen MR) is 54.6 cm³/mol. The van der Waals surface area contributed by atoms with Gasteiger partial charge in [0.15, 0.2) is 11.6 Å². The molecule has 0 bridgehead atoms. The van der Waals surface area contributed by atoms with Gasteiger partial charge in [-0.1, -0.05) is 12.1 Å². The van der Waals surface area contributed by atoms with Gasteiger partial charge in [0.1, 0.15) is 6.04 Å². The highest BCUT2D eigenvalue weighted by molar-refractivity contribution is 5.85. The molecule has 4 N–H and O–H groups in total. The number of aromatic hydroxyl groups is 1. The lowest BCUT2D eigenvalue weighted by Crippen LogP contribution is -2.32. The van der Waals surface area contributed by atoms with Crippen LogP contribution in [0.2, 0.25) is 0 Å². The second-order valence-electron chi connectivity index (χ2n) is 2.90. The second kappa shape index (κ2) is 5.53. The molecule has 1 aromatic rings. The monoisotopic (exact) mass is 235 g/mol. The molecule has 0 radical (unpaired) electrons. The first-order chi connectivity index (χ1) is 6.52. The Labute approximate surface area is 91.9 Å². The fourth-order valence-corrected chi connectivity index (χ4v) is 1.05. The largest absolute Gasteiger partial charge is 0.505 e. The minimum atomic E-state index is -1.19. The van der Waals surface area contributed by atoms with Gasteiger partial charge < -0.3 is 15.9 Å². The lowest BCUT2D eigenvalue weighted by Gasteiger charge is -2.08. The Morgan fingerprint density at radius 1 is 1.53 bits per heavy atom. The summed E-state index contributed by atoms with van der Waals surface area (Å²) in [5.74, 6) is -2.50. The molecule has 4 nitrogen and oxygen atoms in total. The molecule has 1 aromatic carbocycles. The first-order valence-electron chi connectivity index (χ1n) is 3.97. The Morgan fingerprint density at radius 2 is 2.13 bits per heavy atom. The maximum atomic E-state index is 12.8. The summed E-state index contributed by atoms with van der Waals surface area (Å²) >= 11 is 0. The number of hydrogen-bond acceptors (Lipinski definition) is 3. The van der Waals surface area contributed by atoms with Gasteiger partial charge in [-0.25, -0.2) is 4.39 Å². The van der Waals surface area contributed by atoms with Crippen LogP contribution in [0.3, 0.4) is 0 Å². The quantitative estimate of drug-likeness (QED) is 0.727. The van der Waals surface area contributed by atoms with E-state index in [1.165, 1.54) is 12.1 Å². The van der Waals surface area contributed by atoms with Crippen LogP contribution in [0.5, 0.6) is 5.75 Å². The molecule has 1 atom stereocenters. The molecule has 0 aromatic heterocycles. The highest BCUT2D eigenvalue weighted by atomic mass is 35.5. The SMILES string of the molecule is Cl.NC(Cc1cccc(F)c1O)C(=O)O. The Kier molecular flexibility index (Phi) is 5.04. The lowest BCUT2D eigenvalue weighted by atomic mass is 10.1. The summed E-state index contributed by atoms with van der Waals surface area (Å²) in [5.41, 5.74) is 5.43. The number of aliphatic carboxylic acids is 1. The third-order valence-electron chi connectivity index (χ3n) is 1.83. The maximum Gasteiger partial charge on any atom is 0.320 e. The number of carboxylic acids is 1. The van der Waals surface area contributed by atoms with E-state index in [1.807, 2.05) is 0 Å². The molecule has 0 fully saturated rings. The van der Waals surface area contributed by atoms with Crippen molar-refractivity contribution in [2.24, 2.45) is 5.73 Å². The van der Waals surface area contributed by atoms with Crippen molar-refractivity contribution in [2.45, 2.75) is 12.5 Å². The zero-order valence-electron chi connectivity index (χ0n) is 7.68. The van der Waals surface area contributed by atoms with Crippen LogP contribution in [0, 0.1) is 5.82 Å². The summed E-state index contributed by atoms with van der Waals surface area (Å²) in [7, 11) is 0. The fraction of sp³-hybridized carbons (Fsp3) is 0.222. The van der Waals surface area contributed by atoms with Crippen LogP contribution in [-0.4, -0.2) is 22.2 Å². The molecule has 0 saturated carbocycles. The Balaban J connectivity index is 0.00000196. The first-order valence-corrected chi connectivity index (χ1v) is 3.97. The van der Waals surface area contributed by atoms with E-state index in [1.54, 1.807) is 0 Å². The van der Waals surface area contributed by atoms with Crippen molar-refractivity contribution in [3.05, 3.63) is 29.6 Å². The molecule has 1 rings (SSSR count). The molecule has 0 aliphatic carbocycles. The Hall–Kier alpha value is -1.33. The van der Waals surface area contributed by atoms with Crippen LogP contribution >= 0.6 is 12.4 Å². The summed E-state index contributed by atoms with van der Waals surface area (Å²) in [6, 6.07) is 2.77. The number of para-hydroxylation sites is 1. The van der Waals surface area contributed by atoms with Gasteiger partial charge in [0.25, 0.3) is 0 Å². The molecule has 0 heterocycles. The van der Waals surface area contributed by atoms with Crippen molar-refractivity contribution >= 4 is 18.4 Å². The molecule has 84 valence electrons. The third kappa shape index (κ3) is 3.38. The van der Waals surface area contributed by atoms with Crippen LogP contribution in [-0.2, 0) is 11.2 Å². The average Bonchev–Trinajstić information content (AvgIpc) is 2.12. The van der Waals surface area contributed by atoms with Crippen LogP contribution < -0.4 is 5.73 Å². The number of nitrogens with two attached hydrogens (primary N) is 1. The van der Waals surface area contributed by atoms with E-state index in [0.29, 0.717) is 0 Å². The van der Waals surface area contributed by atoms with Gasteiger partial charge in [0.05, 0.1) is 0 Å². The minimum absolute atomic E-state index is 0. The summed E-state index contributed by atoms with van der Waals surface area (Å²) in [4.78, 5) is 10.4. The topological polar surface area (TPSA) is 83.5 Å². The molecule has 15 heavy (non-hydrogen) atoms. The third-order valence-corrected chi connectivity index (χ3v) is 1.83. The Bertz CT molecular complexity index is 359. The number of halogens is 2. The molecular weight excluding hydrogens is 225 g/mol. The van der Waals surface area contributed by atoms with E-state index in [2.05, 4.69) is 0 Å². The van der Waals surface area contributed by atoms with Crippen molar-refractivity contribution in [2.75, 3.05) is 0 Å². The van der Waals surface area contributed by atoms with Gasteiger partial charge in [-0.2, -0.15) is 0 Å². The molecule has 6 heteroatoms. The number of carbonyl (C=O) groups is 1. The number of phenolic OH excluding ortho intramolecular Hbond substituents is 1. The zero-order valence-corrected chi connectivity index (χ0v) is 8.50. The summed E-state index contributed by atoms with van der Waals surface area (Å²) in [6.45, 7) is 0. The number of phenols is 1. The highest BCUT2D eigenvalue weighted by Gasteiger charge is 2.15. The fourth-order valence-electron chi connectivity index (χ4n) is 1.05. The van der Waals surface area contributed by atoms with Crippen LogP contribution in [0.25, 0.3) is 0 Å². The smallest absolute Gasteiger partial charge is 0.320 e. The summed E-state index contributed by atoms with van der Waals surface area (Å²) in [5, 5.41) is 17.7. The Morgan fingerprint density at radius 3 is 2.67 bits per heavy atom. The summed E-state index contributed by atoms with van der Waals surface area (Å²) < 4.78 is 12.8. The van der Waals surface area contributed by atoms with Crippen LogP contribution in [0.15, 0.2) is 18.2 Å². The molecule has 1 unspecified atom stereocenters. The van der Waals surface area contributed by atoms with Gasteiger partial charge in [-0.05, 0) is 11.6 Å². The van der Waals surface area contributed by atoms with E-state index in [-0.39, 0.29) is 24.4 Å². The van der Waals surface area contributed by atoms with Gasteiger partial charge in [0.2, 0.25) is 0 Å². The maximum absolute atomic E-state index is 12.8. The van der Waals surface area contributed by atoms with E-state index < -0.39 is 23.6 Å². The van der Waals surface area contributed by atoms with Crippen molar-refractivity contribution in [1.29, 1.82) is 0 Å². The average molecular weight is 236 g/mol. The van der Waals surface area contributed by atoms with Gasteiger partial charge in [0, 0.05) is 6.42 Å². The van der Waals surface area contributed by atoms with Crippen LogP contribution in [0.1, 0.15) is 5.56 Å². The molecule has 0 spiro atoms. The minimum Gasteiger partial charge on any atom is -0.505 e. The molecular formula is C9H11ClFNO3. The van der Waals surface area contributed by atoms with Crippen LogP contribution in [0.4, 0.5) is 4.39 Å². The van der Waals surface area contributed by atoms with Gasteiger partial charge >= 0.3 is 5.97 Å². The second-order valence-corrected chi connectivity index (χ2v) is 2.90. The standard InChI is InChI=1S/C9H10FNO3.ClH/c10-6-3-1-2-5(8(6)12)4-7(11)9(13)14;/h1-3,7,12H,4,11H2,(H,13,14);1H. The highest BCUT2D eigenvalue weighted by Crippen LogP contribution is 2.21. The summed E-state index contributed by atoms with van der Waals surface area (Å²) in [6.07, 6.45) is -0.0983. The van der Waals surface area contributed by atoms with E-state index in [4.69, 9.17) is 10.8 Å².